The van der Waals surface area contributed by atoms with Crippen molar-refractivity contribution in [2.75, 3.05) is 13.2 Å². The van der Waals surface area contributed by atoms with E-state index in [2.05, 4.69) is 4.98 Å². The molecule has 112 valence electrons. The van der Waals surface area contributed by atoms with Gasteiger partial charge in [-0.3, -0.25) is 9.78 Å². The maximum Gasteiger partial charge on any atom is 0.328 e. The molecule has 1 N–H and O–H groups in total. The topological polar surface area (TPSA) is 79.7 Å². The molecular weight excluding hydrogens is 272 g/mol. The largest absolute Gasteiger partial charge is 0.478 e. The number of carboxylic acids is 1. The molecule has 0 radical (unpaired) electrons. The molecule has 6 nitrogen and oxygen atoms in total. The molecule has 0 saturated carbocycles. The normalized spacial score (nSPS) is 22.5. The van der Waals surface area contributed by atoms with E-state index < -0.39 is 5.97 Å². The average Bonchev–Trinajstić information content (AvgIpc) is 2.47. The highest BCUT2D eigenvalue weighted by Gasteiger charge is 2.28. The molecule has 1 amide bonds. The van der Waals surface area contributed by atoms with E-state index in [1.807, 2.05) is 13.8 Å². The third kappa shape index (κ3) is 3.88. The average molecular weight is 290 g/mol. The maximum atomic E-state index is 12.5. The van der Waals surface area contributed by atoms with Gasteiger partial charge < -0.3 is 14.7 Å². The Kier molecular flexibility index (Phi) is 4.70. The fourth-order valence-corrected chi connectivity index (χ4v) is 2.19. The molecule has 2 unspecified atom stereocenters. The van der Waals surface area contributed by atoms with Gasteiger partial charge in [0, 0.05) is 25.0 Å². The lowest BCUT2D eigenvalue weighted by Gasteiger charge is -2.36. The van der Waals surface area contributed by atoms with Crippen LogP contribution in [0.4, 0.5) is 0 Å². The van der Waals surface area contributed by atoms with E-state index in [9.17, 15) is 9.59 Å². The highest BCUT2D eigenvalue weighted by Crippen LogP contribution is 2.16. The van der Waals surface area contributed by atoms with Crippen LogP contribution < -0.4 is 0 Å². The van der Waals surface area contributed by atoms with Gasteiger partial charge in [-0.15, -0.1) is 0 Å². The summed E-state index contributed by atoms with van der Waals surface area (Å²) in [4.78, 5) is 28.8. The van der Waals surface area contributed by atoms with Crippen molar-refractivity contribution >= 4 is 18.0 Å². The molecule has 1 aliphatic rings. The van der Waals surface area contributed by atoms with Crippen LogP contribution in [0.1, 0.15) is 29.8 Å². The second-order valence-corrected chi connectivity index (χ2v) is 5.13. The lowest BCUT2D eigenvalue weighted by molar-refractivity contribution is -0.131. The van der Waals surface area contributed by atoms with E-state index in [1.165, 1.54) is 18.5 Å². The first kappa shape index (κ1) is 15.2. The number of rotatable bonds is 3. The Morgan fingerprint density at radius 3 is 2.90 bits per heavy atom. The maximum absolute atomic E-state index is 12.5. The van der Waals surface area contributed by atoms with Gasteiger partial charge in [0.2, 0.25) is 0 Å². The van der Waals surface area contributed by atoms with E-state index in [0.717, 1.165) is 6.08 Å². The van der Waals surface area contributed by atoms with Crippen molar-refractivity contribution < 1.29 is 19.4 Å². The van der Waals surface area contributed by atoms with Crippen LogP contribution in [0.25, 0.3) is 6.08 Å². The number of amides is 1. The summed E-state index contributed by atoms with van der Waals surface area (Å²) >= 11 is 0. The van der Waals surface area contributed by atoms with Gasteiger partial charge in [0.05, 0.1) is 24.3 Å². The summed E-state index contributed by atoms with van der Waals surface area (Å²) in [6.07, 6.45) is 5.45. The summed E-state index contributed by atoms with van der Waals surface area (Å²) in [5, 5.41) is 8.62. The third-order valence-corrected chi connectivity index (χ3v) is 3.29. The van der Waals surface area contributed by atoms with Crippen LogP contribution in [0.15, 0.2) is 24.5 Å². The number of hydrogen-bond acceptors (Lipinski definition) is 4. The van der Waals surface area contributed by atoms with E-state index >= 15 is 0 Å². The minimum Gasteiger partial charge on any atom is -0.478 e. The predicted molar refractivity (Wildman–Crippen MR) is 76.8 cm³/mol. The summed E-state index contributed by atoms with van der Waals surface area (Å²) < 4.78 is 5.51. The van der Waals surface area contributed by atoms with Gasteiger partial charge in [-0.05, 0) is 31.6 Å². The van der Waals surface area contributed by atoms with Crippen molar-refractivity contribution in [1.82, 2.24) is 9.88 Å². The van der Waals surface area contributed by atoms with E-state index in [4.69, 9.17) is 9.84 Å². The van der Waals surface area contributed by atoms with Gasteiger partial charge in [0.1, 0.15) is 0 Å². The summed E-state index contributed by atoms with van der Waals surface area (Å²) in [7, 11) is 0. The summed E-state index contributed by atoms with van der Waals surface area (Å²) in [6, 6.07) is 1.65. The Morgan fingerprint density at radius 1 is 1.43 bits per heavy atom. The van der Waals surface area contributed by atoms with Crippen LogP contribution in [0.5, 0.6) is 0 Å². The van der Waals surface area contributed by atoms with Crippen LogP contribution in [0, 0.1) is 0 Å². The monoisotopic (exact) mass is 290 g/mol. The molecular formula is C15H18N2O4. The van der Waals surface area contributed by atoms with Crippen LogP contribution in [0.3, 0.4) is 0 Å². The Bertz CT molecular complexity index is 571. The number of pyridine rings is 1. The highest BCUT2D eigenvalue weighted by molar-refractivity contribution is 5.95. The molecule has 2 rings (SSSR count). The quantitative estimate of drug-likeness (QED) is 0.852. The molecule has 1 fully saturated rings. The molecule has 1 aromatic heterocycles. The standard InChI is InChI=1S/C15H18N2O4/c1-10-9-21-11(2)8-17(10)15(20)13-5-12(6-16-7-13)3-4-14(18)19/h3-7,10-11H,8-9H2,1-2H3,(H,18,19). The van der Waals surface area contributed by atoms with Gasteiger partial charge in [-0.25, -0.2) is 4.79 Å². The number of carbonyl (C=O) groups excluding carboxylic acids is 1. The lowest BCUT2D eigenvalue weighted by Crippen LogP contribution is -2.50. The molecule has 21 heavy (non-hydrogen) atoms. The number of morpholine rings is 1. The molecule has 0 spiro atoms. The minimum absolute atomic E-state index is 0.00641. The molecule has 0 aliphatic carbocycles. The molecule has 6 heteroatoms. The van der Waals surface area contributed by atoms with Crippen LogP contribution in [-0.2, 0) is 9.53 Å². The molecule has 1 saturated heterocycles. The van der Waals surface area contributed by atoms with Crippen molar-refractivity contribution in [2.24, 2.45) is 0 Å². The van der Waals surface area contributed by atoms with E-state index in [0.29, 0.717) is 24.3 Å². The zero-order valence-electron chi connectivity index (χ0n) is 12.0. The first-order valence-electron chi connectivity index (χ1n) is 6.76. The minimum atomic E-state index is -1.04. The van der Waals surface area contributed by atoms with E-state index in [-0.39, 0.29) is 18.1 Å². The fourth-order valence-electron chi connectivity index (χ4n) is 2.19. The molecule has 0 bridgehead atoms. The summed E-state index contributed by atoms with van der Waals surface area (Å²) in [5.74, 6) is -1.15. The number of nitrogens with zero attached hydrogens (tertiary/aromatic N) is 2. The fraction of sp³-hybridized carbons (Fsp3) is 0.400. The predicted octanol–water partition coefficient (Wildman–Crippen LogP) is 1.43. The lowest BCUT2D eigenvalue weighted by atomic mass is 10.1. The Labute approximate surface area is 123 Å². The Morgan fingerprint density at radius 2 is 2.19 bits per heavy atom. The van der Waals surface area contributed by atoms with Gasteiger partial charge in [0.15, 0.2) is 0 Å². The second-order valence-electron chi connectivity index (χ2n) is 5.13. The van der Waals surface area contributed by atoms with Crippen LogP contribution in [0.2, 0.25) is 0 Å². The zero-order chi connectivity index (χ0) is 15.4. The first-order valence-corrected chi connectivity index (χ1v) is 6.76. The van der Waals surface area contributed by atoms with Crippen LogP contribution >= 0.6 is 0 Å². The van der Waals surface area contributed by atoms with E-state index in [1.54, 1.807) is 11.0 Å². The van der Waals surface area contributed by atoms with Gasteiger partial charge >= 0.3 is 5.97 Å². The van der Waals surface area contributed by atoms with Crippen molar-refractivity contribution in [2.45, 2.75) is 26.0 Å². The number of aliphatic carboxylic acids is 1. The molecule has 1 aliphatic heterocycles. The van der Waals surface area contributed by atoms with Crippen molar-refractivity contribution in [3.8, 4) is 0 Å². The van der Waals surface area contributed by atoms with Gasteiger partial charge in [0.25, 0.3) is 5.91 Å². The third-order valence-electron chi connectivity index (χ3n) is 3.29. The molecule has 1 aromatic rings. The summed E-state index contributed by atoms with van der Waals surface area (Å²) in [6.45, 7) is 4.91. The number of hydrogen-bond donors (Lipinski definition) is 1. The molecule has 0 aromatic carbocycles. The first-order chi connectivity index (χ1) is 9.97. The number of carbonyl (C=O) groups is 2. The SMILES string of the molecule is CC1CN(C(=O)c2cncc(C=CC(=O)O)c2)C(C)CO1. The number of carboxylic acid groups (broad SMARTS) is 1. The molecule has 2 atom stereocenters. The second kappa shape index (κ2) is 6.49. The molecule has 2 heterocycles. The highest BCUT2D eigenvalue weighted by atomic mass is 16.5. The van der Waals surface area contributed by atoms with Gasteiger partial charge in [-0.2, -0.15) is 0 Å². The van der Waals surface area contributed by atoms with Crippen molar-refractivity contribution in [1.29, 1.82) is 0 Å². The zero-order valence-corrected chi connectivity index (χ0v) is 12.0. The van der Waals surface area contributed by atoms with Gasteiger partial charge in [-0.1, -0.05) is 0 Å². The van der Waals surface area contributed by atoms with Crippen molar-refractivity contribution in [3.05, 3.63) is 35.7 Å². The Hall–Kier alpha value is -2.21. The van der Waals surface area contributed by atoms with Crippen LogP contribution in [-0.4, -0.2) is 52.2 Å². The summed E-state index contributed by atoms with van der Waals surface area (Å²) in [5.41, 5.74) is 1.03. The smallest absolute Gasteiger partial charge is 0.328 e. The number of aromatic nitrogens is 1. The number of ether oxygens (including phenoxy) is 1. The Balaban J connectivity index is 2.19. The van der Waals surface area contributed by atoms with Crippen molar-refractivity contribution in [3.63, 3.8) is 0 Å².